The van der Waals surface area contributed by atoms with E-state index in [1.54, 1.807) is 0 Å². The van der Waals surface area contributed by atoms with E-state index in [0.29, 0.717) is 10.6 Å². The lowest BCUT2D eigenvalue weighted by Gasteiger charge is -2.14. The van der Waals surface area contributed by atoms with Crippen LogP contribution in [-0.4, -0.2) is 22.6 Å². The Hall–Kier alpha value is -2.08. The summed E-state index contributed by atoms with van der Waals surface area (Å²) in [6.45, 7) is 0. The fourth-order valence-corrected chi connectivity index (χ4v) is 2.93. The van der Waals surface area contributed by atoms with Gasteiger partial charge in [0.15, 0.2) is 0 Å². The molecule has 0 saturated heterocycles. The van der Waals surface area contributed by atoms with Gasteiger partial charge in [-0.1, -0.05) is 30.0 Å². The molecule has 0 radical (unpaired) electrons. The predicted molar refractivity (Wildman–Crippen MR) is 72.5 cm³/mol. The van der Waals surface area contributed by atoms with Gasteiger partial charge in [0.1, 0.15) is 11.1 Å². The van der Waals surface area contributed by atoms with Gasteiger partial charge in [0.2, 0.25) is 11.8 Å². The fraction of sp³-hybridized carbons (Fsp3) is 0.154. The van der Waals surface area contributed by atoms with Crippen LogP contribution in [0.15, 0.2) is 35.4 Å². The van der Waals surface area contributed by atoms with Crippen molar-refractivity contribution in [2.45, 2.75) is 11.1 Å². The van der Waals surface area contributed by atoms with Crippen LogP contribution in [0.1, 0.15) is 11.6 Å². The molecule has 0 aliphatic carbocycles. The van der Waals surface area contributed by atoms with E-state index < -0.39 is 11.9 Å². The van der Waals surface area contributed by atoms with Gasteiger partial charge in [0.05, 0.1) is 11.3 Å². The highest BCUT2D eigenvalue weighted by atomic mass is 32.2. The molecule has 96 valence electrons. The summed E-state index contributed by atoms with van der Waals surface area (Å²) in [5, 5.41) is 4.23. The topological polar surface area (TPSA) is 85.1 Å². The number of primary amides is 1. The van der Waals surface area contributed by atoms with Crippen LogP contribution in [0.3, 0.4) is 0 Å². The SMILES string of the molecule is NC(=O)C1NC(=O)CSc2nc3ccccc3cc21. The molecule has 1 unspecified atom stereocenters. The average Bonchev–Trinajstić information content (AvgIpc) is 2.56. The Bertz CT molecular complexity index is 687. The van der Waals surface area contributed by atoms with Gasteiger partial charge in [0, 0.05) is 10.9 Å². The summed E-state index contributed by atoms with van der Waals surface area (Å²) >= 11 is 1.32. The third-order valence-corrected chi connectivity index (χ3v) is 3.96. The number of carbonyl (C=O) groups is 2. The quantitative estimate of drug-likeness (QED) is 0.811. The smallest absolute Gasteiger partial charge is 0.244 e. The fourth-order valence-electron chi connectivity index (χ4n) is 2.08. The number of aromatic nitrogens is 1. The van der Waals surface area contributed by atoms with Gasteiger partial charge in [-0.3, -0.25) is 9.59 Å². The van der Waals surface area contributed by atoms with Crippen LogP contribution >= 0.6 is 11.8 Å². The number of pyridine rings is 1. The van der Waals surface area contributed by atoms with Crippen LogP contribution in [0.4, 0.5) is 0 Å². The minimum Gasteiger partial charge on any atom is -0.368 e. The first kappa shape index (κ1) is 12.0. The third kappa shape index (κ3) is 2.15. The lowest BCUT2D eigenvalue weighted by atomic mass is 10.1. The number of hydrogen-bond donors (Lipinski definition) is 2. The van der Waals surface area contributed by atoms with Gasteiger partial charge < -0.3 is 11.1 Å². The normalized spacial score (nSPS) is 18.5. The van der Waals surface area contributed by atoms with E-state index in [2.05, 4.69) is 10.3 Å². The summed E-state index contributed by atoms with van der Waals surface area (Å²) in [4.78, 5) is 27.6. The molecule has 2 amide bonds. The highest BCUT2D eigenvalue weighted by Gasteiger charge is 2.27. The Labute approximate surface area is 113 Å². The molecule has 1 aromatic carbocycles. The maximum absolute atomic E-state index is 11.6. The Morgan fingerprint density at radius 2 is 2.21 bits per heavy atom. The largest absolute Gasteiger partial charge is 0.368 e. The van der Waals surface area contributed by atoms with E-state index in [-0.39, 0.29) is 11.7 Å². The monoisotopic (exact) mass is 273 g/mol. The lowest BCUT2D eigenvalue weighted by molar-refractivity contribution is -0.126. The predicted octanol–water partition coefficient (Wildman–Crippen LogP) is 0.983. The molecule has 0 fully saturated rings. The highest BCUT2D eigenvalue weighted by Crippen LogP contribution is 2.31. The zero-order valence-electron chi connectivity index (χ0n) is 9.92. The lowest BCUT2D eigenvalue weighted by Crippen LogP contribution is -2.37. The highest BCUT2D eigenvalue weighted by molar-refractivity contribution is 8.00. The number of nitrogens with two attached hydrogens (primary N) is 1. The van der Waals surface area contributed by atoms with Gasteiger partial charge in [-0.2, -0.15) is 0 Å². The number of amides is 2. The summed E-state index contributed by atoms with van der Waals surface area (Å²) in [6, 6.07) is 8.67. The van der Waals surface area contributed by atoms with E-state index in [1.165, 1.54) is 11.8 Å². The third-order valence-electron chi connectivity index (χ3n) is 2.96. The Morgan fingerprint density at radius 3 is 3.00 bits per heavy atom. The summed E-state index contributed by atoms with van der Waals surface area (Å²) in [7, 11) is 0. The molecule has 3 N–H and O–H groups in total. The van der Waals surface area contributed by atoms with Gasteiger partial charge in [-0.05, 0) is 12.1 Å². The molecule has 19 heavy (non-hydrogen) atoms. The van der Waals surface area contributed by atoms with Crippen molar-refractivity contribution in [2.75, 3.05) is 5.75 Å². The number of carbonyl (C=O) groups excluding carboxylic acids is 2. The summed E-state index contributed by atoms with van der Waals surface area (Å²) < 4.78 is 0. The van der Waals surface area contributed by atoms with E-state index in [9.17, 15) is 9.59 Å². The molecule has 0 spiro atoms. The van der Waals surface area contributed by atoms with Crippen molar-refractivity contribution in [1.82, 2.24) is 10.3 Å². The zero-order chi connectivity index (χ0) is 13.4. The van der Waals surface area contributed by atoms with Crippen LogP contribution in [-0.2, 0) is 9.59 Å². The zero-order valence-corrected chi connectivity index (χ0v) is 10.7. The van der Waals surface area contributed by atoms with Crippen molar-refractivity contribution in [3.05, 3.63) is 35.9 Å². The van der Waals surface area contributed by atoms with E-state index >= 15 is 0 Å². The second kappa shape index (κ2) is 4.55. The summed E-state index contributed by atoms with van der Waals surface area (Å²) in [6.07, 6.45) is 0. The standard InChI is InChI=1S/C13H11N3O2S/c14-12(18)11-8-5-7-3-1-2-4-9(7)15-13(8)19-6-10(17)16-11/h1-5,11H,6H2,(H2,14,18)(H,16,17). The molecule has 1 aliphatic heterocycles. The molecule has 2 heterocycles. The van der Waals surface area contributed by atoms with Crippen molar-refractivity contribution in [3.63, 3.8) is 0 Å². The molecule has 2 aromatic rings. The van der Waals surface area contributed by atoms with Crippen LogP contribution < -0.4 is 11.1 Å². The van der Waals surface area contributed by atoms with Gasteiger partial charge in [-0.15, -0.1) is 0 Å². The van der Waals surface area contributed by atoms with E-state index in [1.807, 2.05) is 30.3 Å². The van der Waals surface area contributed by atoms with Crippen LogP contribution in [0.25, 0.3) is 10.9 Å². The molecule has 0 saturated carbocycles. The van der Waals surface area contributed by atoms with Crippen molar-refractivity contribution in [2.24, 2.45) is 5.73 Å². The first-order valence-corrected chi connectivity index (χ1v) is 6.75. The number of nitrogens with zero attached hydrogens (tertiary/aromatic N) is 1. The molecule has 5 nitrogen and oxygen atoms in total. The van der Waals surface area contributed by atoms with E-state index in [0.717, 1.165) is 10.9 Å². The van der Waals surface area contributed by atoms with Crippen LogP contribution in [0.5, 0.6) is 0 Å². The molecular formula is C13H11N3O2S. The van der Waals surface area contributed by atoms with Crippen LogP contribution in [0.2, 0.25) is 0 Å². The number of nitrogens with one attached hydrogen (secondary N) is 1. The first-order chi connectivity index (χ1) is 9.15. The van der Waals surface area contributed by atoms with Crippen molar-refractivity contribution in [3.8, 4) is 0 Å². The maximum Gasteiger partial charge on any atom is 0.244 e. The summed E-state index contributed by atoms with van der Waals surface area (Å²) in [5.41, 5.74) is 6.87. The number of fused-ring (bicyclic) bond motifs is 2. The molecule has 1 atom stereocenters. The maximum atomic E-state index is 11.6. The Balaban J connectivity index is 2.22. The molecular weight excluding hydrogens is 262 g/mol. The van der Waals surface area contributed by atoms with Crippen LogP contribution in [0, 0.1) is 0 Å². The molecule has 3 rings (SSSR count). The summed E-state index contributed by atoms with van der Waals surface area (Å²) in [5.74, 6) is -0.549. The average molecular weight is 273 g/mol. The van der Waals surface area contributed by atoms with E-state index in [4.69, 9.17) is 5.73 Å². The number of benzene rings is 1. The molecule has 6 heteroatoms. The molecule has 1 aliphatic rings. The number of rotatable bonds is 1. The van der Waals surface area contributed by atoms with Gasteiger partial charge in [-0.25, -0.2) is 4.98 Å². The number of thioether (sulfide) groups is 1. The molecule has 1 aromatic heterocycles. The number of hydrogen-bond acceptors (Lipinski definition) is 4. The van der Waals surface area contributed by atoms with Gasteiger partial charge in [0.25, 0.3) is 0 Å². The van der Waals surface area contributed by atoms with Gasteiger partial charge >= 0.3 is 0 Å². The van der Waals surface area contributed by atoms with Crippen molar-refractivity contribution < 1.29 is 9.59 Å². The Morgan fingerprint density at radius 1 is 1.42 bits per heavy atom. The first-order valence-electron chi connectivity index (χ1n) is 5.76. The second-order valence-corrected chi connectivity index (χ2v) is 5.23. The minimum absolute atomic E-state index is 0.212. The second-order valence-electron chi connectivity index (χ2n) is 4.27. The minimum atomic E-state index is -0.811. The van der Waals surface area contributed by atoms with Crippen molar-refractivity contribution >= 4 is 34.5 Å². The Kier molecular flexibility index (Phi) is 2.87. The van der Waals surface area contributed by atoms with Crippen molar-refractivity contribution in [1.29, 1.82) is 0 Å². The molecule has 0 bridgehead atoms. The number of para-hydroxylation sites is 1.